The summed E-state index contributed by atoms with van der Waals surface area (Å²) in [5, 5.41) is 0.799. The van der Waals surface area contributed by atoms with Gasteiger partial charge in [-0.2, -0.15) is 0 Å². The van der Waals surface area contributed by atoms with Gasteiger partial charge in [-0.25, -0.2) is 0 Å². The first-order valence-electron chi connectivity index (χ1n) is 12.0. The summed E-state index contributed by atoms with van der Waals surface area (Å²) in [5.41, 5.74) is 10.6. The summed E-state index contributed by atoms with van der Waals surface area (Å²) in [4.78, 5) is 2.36. The first-order chi connectivity index (χ1) is 17.1. The molecule has 0 fully saturated rings. The molecule has 35 heavy (non-hydrogen) atoms. The zero-order valence-corrected chi connectivity index (χ0v) is 20.6. The lowest BCUT2D eigenvalue weighted by Crippen LogP contribution is -2.16. The van der Waals surface area contributed by atoms with E-state index in [0.29, 0.717) is 0 Å². The minimum atomic E-state index is -0.125. The van der Waals surface area contributed by atoms with Crippen molar-refractivity contribution in [2.24, 2.45) is 0 Å². The third-order valence-corrected chi connectivity index (χ3v) is 7.43. The van der Waals surface area contributed by atoms with Crippen molar-refractivity contribution in [2.45, 2.75) is 19.3 Å². The van der Waals surface area contributed by atoms with Crippen LogP contribution in [0, 0.1) is 0 Å². The molecule has 0 aliphatic heterocycles. The Bertz CT molecular complexity index is 1520. The Kier molecular flexibility index (Phi) is 5.24. The van der Waals surface area contributed by atoms with Gasteiger partial charge in [0.15, 0.2) is 0 Å². The van der Waals surface area contributed by atoms with Crippen LogP contribution in [0.15, 0.2) is 121 Å². The van der Waals surface area contributed by atoms with Crippen LogP contribution in [-0.2, 0) is 5.41 Å². The van der Waals surface area contributed by atoms with Crippen molar-refractivity contribution in [2.75, 3.05) is 4.90 Å². The van der Waals surface area contributed by atoms with Crippen molar-refractivity contribution in [3.8, 4) is 22.3 Å². The number of hydrogen-bond acceptors (Lipinski definition) is 1. The van der Waals surface area contributed by atoms with Gasteiger partial charge in [0.2, 0.25) is 0 Å². The third kappa shape index (κ3) is 3.55. The lowest BCUT2D eigenvalue weighted by Gasteiger charge is -2.29. The van der Waals surface area contributed by atoms with Crippen LogP contribution in [0.2, 0.25) is 5.02 Å². The van der Waals surface area contributed by atoms with E-state index in [0.717, 1.165) is 27.6 Å². The topological polar surface area (TPSA) is 3.24 Å². The Balaban J connectivity index is 1.62. The fraction of sp³-hybridized carbons (Fsp3) is 0.0909. The summed E-state index contributed by atoms with van der Waals surface area (Å²) in [6, 6.07) is 42.8. The fourth-order valence-electron chi connectivity index (χ4n) is 5.41. The molecular weight excluding hydrogens is 446 g/mol. The first-order valence-corrected chi connectivity index (χ1v) is 12.4. The highest BCUT2D eigenvalue weighted by Gasteiger charge is 2.39. The standard InChI is InChI=1S/C33H26ClN/c1-33(2)27-18-10-20-29(34)31(27)32-28(33)19-11-21-30(32)35(25-15-7-4-8-16-25)26-17-9-14-24(22-26)23-12-5-3-6-13-23/h3-22H,1-2H3. The Labute approximate surface area is 212 Å². The number of benzene rings is 5. The van der Waals surface area contributed by atoms with Gasteiger partial charge in [0.05, 0.1) is 5.69 Å². The molecule has 5 aromatic rings. The van der Waals surface area contributed by atoms with Crippen molar-refractivity contribution in [3.63, 3.8) is 0 Å². The second-order valence-electron chi connectivity index (χ2n) is 9.57. The number of rotatable bonds is 4. The Hall–Kier alpha value is -3.81. The largest absolute Gasteiger partial charge is 0.310 e. The average Bonchev–Trinajstić information content (AvgIpc) is 3.14. The molecule has 0 atom stereocenters. The average molecular weight is 472 g/mol. The monoisotopic (exact) mass is 471 g/mol. The quantitative estimate of drug-likeness (QED) is 0.252. The van der Waals surface area contributed by atoms with Gasteiger partial charge in [0.25, 0.3) is 0 Å². The molecule has 0 radical (unpaired) electrons. The van der Waals surface area contributed by atoms with Crippen LogP contribution >= 0.6 is 11.6 Å². The minimum Gasteiger partial charge on any atom is -0.310 e. The molecule has 2 heteroatoms. The molecule has 0 bridgehead atoms. The zero-order chi connectivity index (χ0) is 24.0. The molecule has 6 rings (SSSR count). The van der Waals surface area contributed by atoms with Gasteiger partial charge in [-0.05, 0) is 58.7 Å². The van der Waals surface area contributed by atoms with E-state index in [1.54, 1.807) is 0 Å². The van der Waals surface area contributed by atoms with Crippen LogP contribution in [-0.4, -0.2) is 0 Å². The highest BCUT2D eigenvalue weighted by Crippen LogP contribution is 2.56. The summed E-state index contributed by atoms with van der Waals surface area (Å²) in [5.74, 6) is 0. The van der Waals surface area contributed by atoms with Crippen molar-refractivity contribution in [1.82, 2.24) is 0 Å². The van der Waals surface area contributed by atoms with Gasteiger partial charge in [-0.3, -0.25) is 0 Å². The highest BCUT2D eigenvalue weighted by atomic mass is 35.5. The van der Waals surface area contributed by atoms with Crippen LogP contribution in [0.5, 0.6) is 0 Å². The Morgan fingerprint density at radius 3 is 1.86 bits per heavy atom. The maximum Gasteiger partial charge on any atom is 0.0543 e. The van der Waals surface area contributed by atoms with E-state index in [9.17, 15) is 0 Å². The van der Waals surface area contributed by atoms with Crippen molar-refractivity contribution in [1.29, 1.82) is 0 Å². The number of fused-ring (bicyclic) bond motifs is 3. The van der Waals surface area contributed by atoms with Gasteiger partial charge >= 0.3 is 0 Å². The van der Waals surface area contributed by atoms with E-state index < -0.39 is 0 Å². The van der Waals surface area contributed by atoms with E-state index in [4.69, 9.17) is 11.6 Å². The molecule has 0 unspecified atom stereocenters. The number of halogens is 1. The summed E-state index contributed by atoms with van der Waals surface area (Å²) in [7, 11) is 0. The lowest BCUT2D eigenvalue weighted by molar-refractivity contribution is 0.660. The SMILES string of the molecule is CC1(C)c2cccc(Cl)c2-c2c(N(c3ccccc3)c3cccc(-c4ccccc4)c3)cccc21. The number of nitrogens with zero attached hydrogens (tertiary/aromatic N) is 1. The Morgan fingerprint density at radius 1 is 0.543 bits per heavy atom. The first kappa shape index (κ1) is 21.7. The molecule has 170 valence electrons. The molecule has 0 aromatic heterocycles. The molecule has 0 amide bonds. The van der Waals surface area contributed by atoms with E-state index in [-0.39, 0.29) is 5.41 Å². The summed E-state index contributed by atoms with van der Waals surface area (Å²) in [6.07, 6.45) is 0. The van der Waals surface area contributed by atoms with Crippen molar-refractivity contribution >= 4 is 28.7 Å². The molecule has 1 nitrogen and oxygen atoms in total. The Morgan fingerprint density at radius 2 is 1.11 bits per heavy atom. The van der Waals surface area contributed by atoms with Crippen molar-refractivity contribution in [3.05, 3.63) is 137 Å². The zero-order valence-electron chi connectivity index (χ0n) is 19.9. The summed E-state index contributed by atoms with van der Waals surface area (Å²) < 4.78 is 0. The van der Waals surface area contributed by atoms with Crippen molar-refractivity contribution < 1.29 is 0 Å². The van der Waals surface area contributed by atoms with E-state index in [2.05, 4.69) is 134 Å². The van der Waals surface area contributed by atoms with Crippen LogP contribution in [0.25, 0.3) is 22.3 Å². The molecule has 0 saturated carbocycles. The van der Waals surface area contributed by atoms with Gasteiger partial charge in [0.1, 0.15) is 0 Å². The minimum absolute atomic E-state index is 0.125. The fourth-order valence-corrected chi connectivity index (χ4v) is 5.68. The van der Waals surface area contributed by atoms with E-state index in [1.807, 2.05) is 6.07 Å². The second kappa shape index (κ2) is 8.45. The molecular formula is C33H26ClN. The molecule has 0 spiro atoms. The number of hydrogen-bond donors (Lipinski definition) is 0. The van der Waals surface area contributed by atoms with Gasteiger partial charge in [-0.15, -0.1) is 0 Å². The van der Waals surface area contributed by atoms with E-state index in [1.165, 1.54) is 27.8 Å². The summed E-state index contributed by atoms with van der Waals surface area (Å²) in [6.45, 7) is 4.58. The van der Waals surface area contributed by atoms with Crippen LogP contribution in [0.1, 0.15) is 25.0 Å². The molecule has 0 N–H and O–H groups in total. The molecule has 0 heterocycles. The molecule has 1 aliphatic rings. The lowest BCUT2D eigenvalue weighted by atomic mass is 9.82. The number of para-hydroxylation sites is 1. The van der Waals surface area contributed by atoms with E-state index >= 15 is 0 Å². The predicted molar refractivity (Wildman–Crippen MR) is 149 cm³/mol. The normalized spacial score (nSPS) is 13.2. The smallest absolute Gasteiger partial charge is 0.0543 e. The van der Waals surface area contributed by atoms with Crippen LogP contribution in [0.3, 0.4) is 0 Å². The highest BCUT2D eigenvalue weighted by molar-refractivity contribution is 6.34. The van der Waals surface area contributed by atoms with Gasteiger partial charge in [0, 0.05) is 32.9 Å². The number of anilines is 3. The predicted octanol–water partition coefficient (Wildman–Crippen LogP) is 9.78. The van der Waals surface area contributed by atoms with Crippen LogP contribution in [0.4, 0.5) is 17.1 Å². The third-order valence-electron chi connectivity index (χ3n) is 7.12. The summed E-state index contributed by atoms with van der Waals surface area (Å²) >= 11 is 6.88. The molecule has 1 aliphatic carbocycles. The molecule has 5 aromatic carbocycles. The van der Waals surface area contributed by atoms with Gasteiger partial charge in [-0.1, -0.05) is 110 Å². The maximum absolute atomic E-state index is 6.88. The second-order valence-corrected chi connectivity index (χ2v) is 9.98. The van der Waals surface area contributed by atoms with Gasteiger partial charge < -0.3 is 4.90 Å². The maximum atomic E-state index is 6.88. The molecule has 0 saturated heterocycles. The van der Waals surface area contributed by atoms with Crippen LogP contribution < -0.4 is 4.90 Å².